The molecule has 0 aliphatic heterocycles. The van der Waals surface area contributed by atoms with Gasteiger partial charge in [0.15, 0.2) is 0 Å². The van der Waals surface area contributed by atoms with Crippen molar-refractivity contribution in [2.24, 2.45) is 8.44 Å². The van der Waals surface area contributed by atoms with Gasteiger partial charge in [-0.2, -0.15) is 5.11 Å². The van der Waals surface area contributed by atoms with Gasteiger partial charge in [-0.15, -0.1) is 3.33 Å². The highest BCUT2D eigenvalue weighted by Gasteiger charge is 1.50. The van der Waals surface area contributed by atoms with Crippen LogP contribution in [0, 0.1) is 0 Å². The van der Waals surface area contributed by atoms with Gasteiger partial charge in [0.25, 0.3) is 0 Å². The normalized spacial score (nSPS) is 11.7. The summed E-state index contributed by atoms with van der Waals surface area (Å²) in [6.45, 7) is 1.89. The molecule has 0 saturated carbocycles. The highest BCUT2D eigenvalue weighted by atomic mass is 127. The molecular weight excluding hydrogens is 191 g/mol. The Morgan fingerprint density at radius 3 is 2.50 bits per heavy atom. The van der Waals surface area contributed by atoms with E-state index in [1.165, 1.54) is 0 Å². The predicted molar refractivity (Wildman–Crippen MR) is 33.7 cm³/mol. The largest absolute Gasteiger partial charge is 0.154 e. The van der Waals surface area contributed by atoms with Crippen LogP contribution in [0.25, 0.3) is 0 Å². The van der Waals surface area contributed by atoms with E-state index >= 15 is 0 Å². The maximum Gasteiger partial charge on any atom is 0.111 e. The third-order valence-electron chi connectivity index (χ3n) is 0.259. The van der Waals surface area contributed by atoms with Gasteiger partial charge in [-0.25, -0.2) is 0 Å². The molecule has 2 nitrogen and oxygen atoms in total. The van der Waals surface area contributed by atoms with Crippen LogP contribution < -0.4 is 0 Å². The molecule has 0 rings (SSSR count). The molecule has 3 heteroatoms. The van der Waals surface area contributed by atoms with E-state index in [4.69, 9.17) is 0 Å². The summed E-state index contributed by atoms with van der Waals surface area (Å²) in [5.74, 6) is 0. The Kier molecular flexibility index (Phi) is 5.13. The van der Waals surface area contributed by atoms with E-state index in [2.05, 4.69) is 8.44 Å². The Hall–Kier alpha value is 0.0700. The van der Waals surface area contributed by atoms with E-state index in [0.29, 0.717) is 0 Å². The van der Waals surface area contributed by atoms with Gasteiger partial charge in [0, 0.05) is 6.20 Å². The van der Waals surface area contributed by atoms with Crippen molar-refractivity contribution in [2.45, 2.75) is 6.92 Å². The molecule has 0 unspecified atom stereocenters. The average molecular weight is 196 g/mol. The van der Waals surface area contributed by atoms with Crippen molar-refractivity contribution in [3.63, 3.8) is 0 Å². The van der Waals surface area contributed by atoms with Crippen molar-refractivity contribution in [3.05, 3.63) is 12.3 Å². The van der Waals surface area contributed by atoms with Gasteiger partial charge in [-0.3, -0.25) is 0 Å². The van der Waals surface area contributed by atoms with Crippen LogP contribution in [-0.2, 0) is 0 Å². The van der Waals surface area contributed by atoms with Crippen LogP contribution in [0.15, 0.2) is 20.7 Å². The molecule has 0 atom stereocenters. The van der Waals surface area contributed by atoms with Crippen LogP contribution in [0.2, 0.25) is 0 Å². The monoisotopic (exact) mass is 196 g/mol. The fraction of sp³-hybridized carbons (Fsp3) is 0.333. The molecular formula is C3H5IN2. The minimum Gasteiger partial charge on any atom is -0.154 e. The summed E-state index contributed by atoms with van der Waals surface area (Å²) in [5.41, 5.74) is 0. The molecule has 0 spiro atoms. The van der Waals surface area contributed by atoms with E-state index in [-0.39, 0.29) is 0 Å². The smallest absolute Gasteiger partial charge is 0.111 e. The van der Waals surface area contributed by atoms with Crippen molar-refractivity contribution in [2.75, 3.05) is 0 Å². The van der Waals surface area contributed by atoms with Crippen LogP contribution in [-0.4, -0.2) is 0 Å². The lowest BCUT2D eigenvalue weighted by atomic mass is 10.7. The first-order valence-electron chi connectivity index (χ1n) is 1.54. The van der Waals surface area contributed by atoms with Gasteiger partial charge in [0.2, 0.25) is 0 Å². The van der Waals surface area contributed by atoms with Crippen LogP contribution in [0.1, 0.15) is 6.92 Å². The number of nitrogens with zero attached hydrogens (tertiary/aromatic N) is 2. The van der Waals surface area contributed by atoms with Crippen LogP contribution >= 0.6 is 22.9 Å². The number of hydrogen-bond acceptors (Lipinski definition) is 2. The van der Waals surface area contributed by atoms with Gasteiger partial charge >= 0.3 is 0 Å². The fourth-order valence-electron chi connectivity index (χ4n) is 0.0919. The highest BCUT2D eigenvalue weighted by Crippen LogP contribution is 1.84. The summed E-state index contributed by atoms with van der Waals surface area (Å²) < 4.78 is 3.43. The van der Waals surface area contributed by atoms with E-state index < -0.39 is 0 Å². The second-order valence-electron chi connectivity index (χ2n) is 0.673. The van der Waals surface area contributed by atoms with E-state index in [0.717, 1.165) is 0 Å². The number of halogens is 1. The van der Waals surface area contributed by atoms with E-state index in [1.807, 2.05) is 35.9 Å². The zero-order valence-corrected chi connectivity index (χ0v) is 5.58. The average Bonchev–Trinajstić information content (AvgIpc) is 1.61. The molecule has 0 bridgehead atoms. The van der Waals surface area contributed by atoms with Crippen LogP contribution in [0.3, 0.4) is 0 Å². The molecule has 34 valence electrons. The van der Waals surface area contributed by atoms with E-state index in [9.17, 15) is 0 Å². The highest BCUT2D eigenvalue weighted by molar-refractivity contribution is 14.1. The molecule has 0 aromatic heterocycles. The molecule has 0 saturated heterocycles. The third-order valence-corrected chi connectivity index (χ3v) is 0.509. The SMILES string of the molecule is C/C=C\N=NI. The topological polar surface area (TPSA) is 24.7 Å². The minimum absolute atomic E-state index is 1.63. The fourth-order valence-corrected chi connectivity index (χ4v) is 0.236. The summed E-state index contributed by atoms with van der Waals surface area (Å²) in [6, 6.07) is 0. The molecule has 0 amide bonds. The van der Waals surface area contributed by atoms with Gasteiger partial charge < -0.3 is 0 Å². The van der Waals surface area contributed by atoms with Gasteiger partial charge in [-0.05, 0) is 6.92 Å². The number of hydrogen-bond donors (Lipinski definition) is 0. The second-order valence-corrected chi connectivity index (χ2v) is 1.10. The van der Waals surface area contributed by atoms with Crippen LogP contribution in [0.4, 0.5) is 0 Å². The summed E-state index contributed by atoms with van der Waals surface area (Å²) >= 11 is 1.82. The van der Waals surface area contributed by atoms with Crippen molar-refractivity contribution >= 4 is 22.9 Å². The Labute approximate surface area is 50.8 Å². The molecule has 0 aliphatic carbocycles. The molecule has 0 N–H and O–H groups in total. The maximum atomic E-state index is 3.52. The molecule has 0 aliphatic rings. The Morgan fingerprint density at radius 2 is 2.33 bits per heavy atom. The first kappa shape index (κ1) is 6.07. The van der Waals surface area contributed by atoms with Crippen molar-refractivity contribution in [1.29, 1.82) is 0 Å². The lowest BCUT2D eigenvalue weighted by Crippen LogP contribution is -1.36. The maximum absolute atomic E-state index is 3.52. The Bertz CT molecular complexity index is 57.2. The molecule has 6 heavy (non-hydrogen) atoms. The number of rotatable bonds is 1. The summed E-state index contributed by atoms with van der Waals surface area (Å²) in [6.07, 6.45) is 3.45. The first-order chi connectivity index (χ1) is 2.91. The third kappa shape index (κ3) is 4.07. The van der Waals surface area contributed by atoms with Crippen molar-refractivity contribution < 1.29 is 0 Å². The Balaban J connectivity index is 3.07. The molecule has 0 radical (unpaired) electrons. The summed E-state index contributed by atoms with van der Waals surface area (Å²) in [4.78, 5) is 0. The Morgan fingerprint density at radius 1 is 1.67 bits per heavy atom. The molecule has 0 fully saturated rings. The quantitative estimate of drug-likeness (QED) is 0.454. The van der Waals surface area contributed by atoms with Gasteiger partial charge in [-0.1, -0.05) is 6.08 Å². The summed E-state index contributed by atoms with van der Waals surface area (Å²) in [5, 5.41) is 3.52. The molecule has 0 heterocycles. The summed E-state index contributed by atoms with van der Waals surface area (Å²) in [7, 11) is 0. The van der Waals surface area contributed by atoms with Gasteiger partial charge in [0.05, 0.1) is 0 Å². The number of allylic oxidation sites excluding steroid dienone is 1. The van der Waals surface area contributed by atoms with Crippen LogP contribution in [0.5, 0.6) is 0 Å². The predicted octanol–water partition coefficient (Wildman–Crippen LogP) is 2.32. The van der Waals surface area contributed by atoms with Crippen molar-refractivity contribution in [1.82, 2.24) is 0 Å². The first-order valence-corrected chi connectivity index (χ1v) is 2.50. The minimum atomic E-state index is 1.63. The lowest BCUT2D eigenvalue weighted by Gasteiger charge is -1.61. The van der Waals surface area contributed by atoms with Gasteiger partial charge in [0.1, 0.15) is 22.9 Å². The lowest BCUT2D eigenvalue weighted by molar-refractivity contribution is 1.36. The zero-order valence-electron chi connectivity index (χ0n) is 3.43. The van der Waals surface area contributed by atoms with E-state index in [1.54, 1.807) is 6.20 Å². The second kappa shape index (κ2) is 5.07. The molecule has 0 aromatic rings. The zero-order chi connectivity index (χ0) is 4.83. The standard InChI is InChI=1S/C3H5IN2/c1-2-3-5-6-4/h2-3H,1H3/b3-2-,6-5?. The molecule has 0 aromatic carbocycles. The van der Waals surface area contributed by atoms with Crippen molar-refractivity contribution in [3.8, 4) is 0 Å².